The number of ether oxygens (including phenoxy) is 2. The first-order chi connectivity index (χ1) is 15.5. The Labute approximate surface area is 187 Å². The molecular weight excluding hydrogens is 434 g/mol. The van der Waals surface area contributed by atoms with Crippen LogP contribution in [-0.2, 0) is 14.8 Å². The Hall–Kier alpha value is -2.92. The van der Waals surface area contributed by atoms with Crippen LogP contribution in [0.25, 0.3) is 0 Å². The monoisotopic (exact) mass is 461 g/mol. The zero-order valence-corrected chi connectivity index (χ0v) is 19.0. The van der Waals surface area contributed by atoms with Gasteiger partial charge in [0, 0.05) is 51.2 Å². The van der Waals surface area contributed by atoms with Crippen molar-refractivity contribution in [2.24, 2.45) is 0 Å². The van der Waals surface area contributed by atoms with Gasteiger partial charge in [-0.15, -0.1) is 0 Å². The number of piperazine rings is 1. The summed E-state index contributed by atoms with van der Waals surface area (Å²) in [5.41, 5.74) is 0. The van der Waals surface area contributed by atoms with Crippen LogP contribution in [0.3, 0.4) is 0 Å². The van der Waals surface area contributed by atoms with Gasteiger partial charge in [0.15, 0.2) is 0 Å². The predicted molar refractivity (Wildman–Crippen MR) is 117 cm³/mol. The van der Waals surface area contributed by atoms with Gasteiger partial charge in [-0.25, -0.2) is 18.4 Å². The molecule has 32 heavy (non-hydrogen) atoms. The Kier molecular flexibility index (Phi) is 6.47. The molecule has 0 N–H and O–H groups in total. The number of benzene rings is 1. The minimum absolute atomic E-state index is 0.00472. The van der Waals surface area contributed by atoms with Gasteiger partial charge in [0.2, 0.25) is 21.9 Å². The van der Waals surface area contributed by atoms with Gasteiger partial charge >= 0.3 is 0 Å². The third-order valence-corrected chi connectivity index (χ3v) is 7.80. The van der Waals surface area contributed by atoms with Crippen molar-refractivity contribution in [1.82, 2.24) is 19.2 Å². The largest absolute Gasteiger partial charge is 0.497 e. The number of nitrogens with zero attached hydrogens (tertiary/aromatic N) is 5. The molecule has 172 valence electrons. The Morgan fingerprint density at radius 3 is 2.41 bits per heavy atom. The molecule has 0 aliphatic carbocycles. The molecule has 2 aromatic rings. The number of amides is 1. The van der Waals surface area contributed by atoms with Crippen LogP contribution in [0.4, 0.5) is 5.95 Å². The minimum Gasteiger partial charge on any atom is -0.497 e. The molecule has 0 unspecified atom stereocenters. The maximum Gasteiger partial charge on any atom is 0.247 e. The highest BCUT2D eigenvalue weighted by molar-refractivity contribution is 7.89. The Balaban J connectivity index is 1.51. The molecule has 3 heterocycles. The third kappa shape index (κ3) is 4.22. The smallest absolute Gasteiger partial charge is 0.247 e. The summed E-state index contributed by atoms with van der Waals surface area (Å²) < 4.78 is 38.8. The molecule has 4 rings (SSSR count). The highest BCUT2D eigenvalue weighted by atomic mass is 32.2. The molecular formula is C21H27N5O5S. The lowest BCUT2D eigenvalue weighted by Crippen LogP contribution is -2.54. The molecule has 2 aliphatic heterocycles. The summed E-state index contributed by atoms with van der Waals surface area (Å²) in [6.07, 6.45) is 4.49. The van der Waals surface area contributed by atoms with Crippen LogP contribution >= 0.6 is 0 Å². The van der Waals surface area contributed by atoms with Gasteiger partial charge in [-0.3, -0.25) is 4.79 Å². The fraction of sp³-hybridized carbons (Fsp3) is 0.476. The highest BCUT2D eigenvalue weighted by Crippen LogP contribution is 2.34. The van der Waals surface area contributed by atoms with E-state index in [1.165, 1.54) is 24.6 Å². The normalized spacial score (nSPS) is 19.8. The van der Waals surface area contributed by atoms with E-state index in [0.717, 1.165) is 0 Å². The number of carbonyl (C=O) groups excluding carboxylic acids is 1. The van der Waals surface area contributed by atoms with Gasteiger partial charge in [0.25, 0.3) is 0 Å². The molecule has 2 aliphatic rings. The van der Waals surface area contributed by atoms with Crippen LogP contribution in [0.1, 0.15) is 12.8 Å². The molecule has 10 nitrogen and oxygen atoms in total. The number of carbonyl (C=O) groups is 1. The summed E-state index contributed by atoms with van der Waals surface area (Å²) >= 11 is 0. The second-order valence-electron chi connectivity index (χ2n) is 7.65. The Bertz CT molecular complexity index is 1060. The quantitative estimate of drug-likeness (QED) is 0.627. The molecule has 0 spiro atoms. The van der Waals surface area contributed by atoms with E-state index in [2.05, 4.69) is 9.97 Å². The lowest BCUT2D eigenvalue weighted by Gasteiger charge is -2.37. The van der Waals surface area contributed by atoms with Gasteiger partial charge in [-0.05, 0) is 31.0 Å². The van der Waals surface area contributed by atoms with Gasteiger partial charge in [0.05, 0.1) is 14.2 Å². The number of sulfonamides is 1. The molecule has 0 bridgehead atoms. The zero-order chi connectivity index (χ0) is 22.7. The number of hydrogen-bond acceptors (Lipinski definition) is 8. The second kappa shape index (κ2) is 9.29. The topological polar surface area (TPSA) is 105 Å². The molecule has 1 aromatic carbocycles. The van der Waals surface area contributed by atoms with E-state index < -0.39 is 16.1 Å². The standard InChI is InChI=1S/C21H27N5O5S/c1-30-16-6-7-18(31-2)19(15-16)32(28,29)26-10-3-5-17(26)20(27)24-11-13-25(14-12-24)21-22-8-4-9-23-21/h4,6-9,15,17H,3,5,10-14H2,1-2H3/t17-/m1/s1. The van der Waals surface area contributed by atoms with Gasteiger partial charge in [-0.1, -0.05) is 0 Å². The number of rotatable bonds is 6. The number of anilines is 1. The van der Waals surface area contributed by atoms with E-state index in [1.807, 2.05) is 4.90 Å². The molecule has 1 amide bonds. The van der Waals surface area contributed by atoms with Crippen LogP contribution in [0, 0.1) is 0 Å². The van der Waals surface area contributed by atoms with E-state index in [4.69, 9.17) is 9.47 Å². The van der Waals surface area contributed by atoms with Crippen molar-refractivity contribution >= 4 is 21.9 Å². The molecule has 0 radical (unpaired) electrons. The van der Waals surface area contributed by atoms with Crippen LogP contribution in [0.15, 0.2) is 41.6 Å². The van der Waals surface area contributed by atoms with E-state index in [9.17, 15) is 13.2 Å². The van der Waals surface area contributed by atoms with E-state index in [1.54, 1.807) is 35.5 Å². The van der Waals surface area contributed by atoms with Crippen molar-refractivity contribution in [3.8, 4) is 11.5 Å². The third-order valence-electron chi connectivity index (χ3n) is 5.87. The van der Waals surface area contributed by atoms with Gasteiger partial charge in [0.1, 0.15) is 22.4 Å². The van der Waals surface area contributed by atoms with Crippen molar-refractivity contribution in [3.63, 3.8) is 0 Å². The summed E-state index contributed by atoms with van der Waals surface area (Å²) in [4.78, 5) is 25.6. The lowest BCUT2D eigenvalue weighted by atomic mass is 10.2. The van der Waals surface area contributed by atoms with E-state index in [-0.39, 0.29) is 23.1 Å². The molecule has 2 fully saturated rings. The average molecular weight is 462 g/mol. The fourth-order valence-corrected chi connectivity index (χ4v) is 6.00. The van der Waals surface area contributed by atoms with E-state index >= 15 is 0 Å². The fourth-order valence-electron chi connectivity index (χ4n) is 4.18. The molecule has 1 atom stereocenters. The summed E-state index contributed by atoms with van der Waals surface area (Å²) in [7, 11) is -1.06. The van der Waals surface area contributed by atoms with Gasteiger partial charge in [-0.2, -0.15) is 4.31 Å². The van der Waals surface area contributed by atoms with Gasteiger partial charge < -0.3 is 19.3 Å². The molecule has 1 aromatic heterocycles. The zero-order valence-electron chi connectivity index (χ0n) is 18.2. The van der Waals surface area contributed by atoms with Crippen molar-refractivity contribution in [2.45, 2.75) is 23.8 Å². The lowest BCUT2D eigenvalue weighted by molar-refractivity contribution is -0.134. The van der Waals surface area contributed by atoms with Crippen molar-refractivity contribution in [2.75, 3.05) is 51.8 Å². The SMILES string of the molecule is COc1ccc(OC)c(S(=O)(=O)N2CCC[C@@H]2C(=O)N2CCN(c3ncccn3)CC2)c1. The molecule has 0 saturated carbocycles. The van der Waals surface area contributed by atoms with Crippen LogP contribution in [0.5, 0.6) is 11.5 Å². The van der Waals surface area contributed by atoms with Crippen molar-refractivity contribution in [1.29, 1.82) is 0 Å². The van der Waals surface area contributed by atoms with E-state index in [0.29, 0.717) is 50.7 Å². The number of methoxy groups -OCH3 is 2. The average Bonchev–Trinajstić information content (AvgIpc) is 3.35. The second-order valence-corrected chi connectivity index (χ2v) is 9.51. The van der Waals surface area contributed by atoms with Crippen LogP contribution in [-0.4, -0.2) is 86.5 Å². The van der Waals surface area contributed by atoms with Crippen LogP contribution < -0.4 is 14.4 Å². The van der Waals surface area contributed by atoms with Crippen molar-refractivity contribution < 1.29 is 22.7 Å². The number of aromatic nitrogens is 2. The molecule has 2 saturated heterocycles. The van der Waals surface area contributed by atoms with Crippen LogP contribution in [0.2, 0.25) is 0 Å². The first-order valence-electron chi connectivity index (χ1n) is 10.5. The van der Waals surface area contributed by atoms with Crippen molar-refractivity contribution in [3.05, 3.63) is 36.7 Å². The maximum atomic E-state index is 13.5. The first-order valence-corrected chi connectivity index (χ1v) is 11.9. The Morgan fingerprint density at radius 2 is 1.75 bits per heavy atom. The summed E-state index contributed by atoms with van der Waals surface area (Å²) in [6.45, 7) is 2.46. The first kappa shape index (κ1) is 22.3. The predicted octanol–water partition coefficient (Wildman–Crippen LogP) is 0.996. The Morgan fingerprint density at radius 1 is 1.03 bits per heavy atom. The molecule has 11 heteroatoms. The summed E-state index contributed by atoms with van der Waals surface area (Å²) in [6, 6.07) is 5.67. The minimum atomic E-state index is -3.95. The number of hydrogen-bond donors (Lipinski definition) is 0. The maximum absolute atomic E-state index is 13.5. The summed E-state index contributed by atoms with van der Waals surface area (Å²) in [5, 5.41) is 0. The summed E-state index contributed by atoms with van der Waals surface area (Å²) in [5.74, 6) is 1.10. The highest BCUT2D eigenvalue weighted by Gasteiger charge is 2.42.